The summed E-state index contributed by atoms with van der Waals surface area (Å²) in [6, 6.07) is 0.678. The third kappa shape index (κ3) is 3.12. The van der Waals surface area contributed by atoms with Gasteiger partial charge >= 0.3 is 0 Å². The molecule has 0 aromatic heterocycles. The van der Waals surface area contributed by atoms with Gasteiger partial charge in [-0.1, -0.05) is 6.42 Å². The maximum Gasteiger partial charge on any atom is 0.0285 e. The minimum atomic E-state index is 0.678. The van der Waals surface area contributed by atoms with Gasteiger partial charge in [0.05, 0.1) is 0 Å². The van der Waals surface area contributed by atoms with Gasteiger partial charge in [-0.05, 0) is 38.8 Å². The highest BCUT2D eigenvalue weighted by Crippen LogP contribution is 2.20. The van der Waals surface area contributed by atoms with Crippen LogP contribution in [0.1, 0.15) is 32.1 Å². The Bertz CT molecular complexity index is 178. The van der Waals surface area contributed by atoms with Crippen LogP contribution in [-0.2, 0) is 10.0 Å². The van der Waals surface area contributed by atoms with E-state index in [4.69, 9.17) is 0 Å². The Morgan fingerprint density at radius 3 is 2.20 bits per heavy atom. The zero-order valence-corrected chi connectivity index (χ0v) is 9.06. The van der Waals surface area contributed by atoms with Gasteiger partial charge < -0.3 is 10.2 Å². The number of hydrogen-bond acceptors (Lipinski definition) is 5. The fraction of sp³-hybridized carbons (Fsp3) is 1.00. The van der Waals surface area contributed by atoms with Gasteiger partial charge in [-0.3, -0.25) is 5.04 Å². The summed E-state index contributed by atoms with van der Waals surface area (Å²) in [6.45, 7) is 4.07. The SMILES string of the molecule is [O-]OON1CCC(N2CCCCC2)CC1. The van der Waals surface area contributed by atoms with Crippen LogP contribution in [0.25, 0.3) is 0 Å². The molecule has 0 atom stereocenters. The molecule has 2 heterocycles. The van der Waals surface area contributed by atoms with Crippen molar-refractivity contribution in [3.63, 3.8) is 0 Å². The molecule has 0 amide bonds. The molecule has 0 unspecified atom stereocenters. The van der Waals surface area contributed by atoms with Crippen LogP contribution in [0, 0.1) is 0 Å². The zero-order valence-electron chi connectivity index (χ0n) is 9.06. The Hall–Kier alpha value is -0.200. The van der Waals surface area contributed by atoms with Crippen LogP contribution in [0.5, 0.6) is 0 Å². The lowest BCUT2D eigenvalue weighted by Crippen LogP contribution is -2.46. The largest absolute Gasteiger partial charge is 0.690 e. The van der Waals surface area contributed by atoms with Crippen LogP contribution in [0.4, 0.5) is 0 Å². The van der Waals surface area contributed by atoms with Crippen molar-refractivity contribution in [1.82, 2.24) is 9.96 Å². The number of rotatable bonds is 3. The van der Waals surface area contributed by atoms with E-state index < -0.39 is 0 Å². The summed E-state index contributed by atoms with van der Waals surface area (Å²) >= 11 is 0. The molecule has 15 heavy (non-hydrogen) atoms. The van der Waals surface area contributed by atoms with Gasteiger partial charge in [0.2, 0.25) is 0 Å². The molecule has 0 aromatic carbocycles. The van der Waals surface area contributed by atoms with E-state index in [1.807, 2.05) is 0 Å². The van der Waals surface area contributed by atoms with E-state index in [0.29, 0.717) is 6.04 Å². The Balaban J connectivity index is 1.72. The summed E-state index contributed by atoms with van der Waals surface area (Å²) in [7, 11) is 0. The maximum absolute atomic E-state index is 9.81. The quantitative estimate of drug-likeness (QED) is 0.493. The van der Waals surface area contributed by atoms with Crippen LogP contribution < -0.4 is 5.26 Å². The Labute approximate surface area is 90.4 Å². The van der Waals surface area contributed by atoms with Crippen LogP contribution >= 0.6 is 0 Å². The maximum atomic E-state index is 9.81. The molecule has 0 N–H and O–H groups in total. The summed E-state index contributed by atoms with van der Waals surface area (Å²) in [6.07, 6.45) is 6.19. The highest BCUT2D eigenvalue weighted by molar-refractivity contribution is 4.79. The lowest BCUT2D eigenvalue weighted by Gasteiger charge is -2.39. The molecule has 5 nitrogen and oxygen atoms in total. The first-order valence-electron chi connectivity index (χ1n) is 5.86. The van der Waals surface area contributed by atoms with E-state index in [1.165, 1.54) is 32.4 Å². The van der Waals surface area contributed by atoms with Crippen LogP contribution in [0.2, 0.25) is 0 Å². The molecule has 0 spiro atoms. The second-order valence-corrected chi connectivity index (χ2v) is 4.40. The molecule has 0 aliphatic carbocycles. The average Bonchev–Trinajstić information content (AvgIpc) is 2.32. The lowest BCUT2D eigenvalue weighted by atomic mass is 10.0. The van der Waals surface area contributed by atoms with E-state index in [2.05, 4.69) is 14.9 Å². The fourth-order valence-corrected chi connectivity index (χ4v) is 2.61. The van der Waals surface area contributed by atoms with Gasteiger partial charge in [-0.2, -0.15) is 5.06 Å². The molecule has 2 saturated heterocycles. The Kier molecular flexibility index (Phi) is 4.34. The van der Waals surface area contributed by atoms with Crippen LogP contribution in [0.3, 0.4) is 0 Å². The first-order valence-corrected chi connectivity index (χ1v) is 5.86. The lowest BCUT2D eigenvalue weighted by molar-refractivity contribution is -0.826. The average molecular weight is 215 g/mol. The molecular formula is C10H19N2O3-. The van der Waals surface area contributed by atoms with Gasteiger partial charge in [0.15, 0.2) is 0 Å². The molecule has 5 heteroatoms. The second-order valence-electron chi connectivity index (χ2n) is 4.40. The van der Waals surface area contributed by atoms with Crippen molar-refractivity contribution in [3.8, 4) is 0 Å². The Morgan fingerprint density at radius 1 is 0.933 bits per heavy atom. The first-order chi connectivity index (χ1) is 7.40. The number of hydroxylamine groups is 2. The first kappa shape index (κ1) is 11.3. The highest BCUT2D eigenvalue weighted by Gasteiger charge is 2.25. The highest BCUT2D eigenvalue weighted by atomic mass is 17.5. The number of likely N-dealkylation sites (tertiary alicyclic amines) is 1. The molecule has 0 saturated carbocycles. The van der Waals surface area contributed by atoms with Crippen molar-refractivity contribution in [3.05, 3.63) is 0 Å². The minimum absolute atomic E-state index is 0.678. The molecule has 88 valence electrons. The third-order valence-electron chi connectivity index (χ3n) is 3.47. The topological polar surface area (TPSA) is 48.0 Å². The van der Waals surface area contributed by atoms with Gasteiger partial charge in [0, 0.05) is 19.1 Å². The predicted molar refractivity (Wildman–Crippen MR) is 52.2 cm³/mol. The second kappa shape index (κ2) is 5.77. The van der Waals surface area contributed by atoms with Crippen molar-refractivity contribution >= 4 is 0 Å². The summed E-state index contributed by atoms with van der Waals surface area (Å²) in [5, 5.41) is 14.8. The molecular weight excluding hydrogens is 196 g/mol. The molecule has 0 radical (unpaired) electrons. The number of hydrogen-bond donors (Lipinski definition) is 0. The monoisotopic (exact) mass is 215 g/mol. The summed E-state index contributed by atoms with van der Waals surface area (Å²) in [5.41, 5.74) is 0. The van der Waals surface area contributed by atoms with E-state index in [1.54, 1.807) is 5.06 Å². The van der Waals surface area contributed by atoms with Crippen LogP contribution in [-0.4, -0.2) is 42.2 Å². The molecule has 2 aliphatic rings. The van der Waals surface area contributed by atoms with Gasteiger partial charge in [0.1, 0.15) is 0 Å². The van der Waals surface area contributed by atoms with Crippen LogP contribution in [0.15, 0.2) is 0 Å². The van der Waals surface area contributed by atoms with Gasteiger partial charge in [0.25, 0.3) is 0 Å². The third-order valence-corrected chi connectivity index (χ3v) is 3.47. The van der Waals surface area contributed by atoms with Gasteiger partial charge in [-0.15, -0.1) is 4.99 Å². The summed E-state index contributed by atoms with van der Waals surface area (Å²) < 4.78 is 0. The zero-order chi connectivity index (χ0) is 10.5. The van der Waals surface area contributed by atoms with E-state index in [9.17, 15) is 5.26 Å². The van der Waals surface area contributed by atoms with Crippen molar-refractivity contribution in [1.29, 1.82) is 0 Å². The molecule has 0 aromatic rings. The summed E-state index contributed by atoms with van der Waals surface area (Å²) in [4.78, 5) is 7.06. The number of nitrogens with zero attached hydrogens (tertiary/aromatic N) is 2. The standard InChI is InChI=1S/C10H20N2O3/c13-15-14-12-8-4-10(5-9-12)11-6-2-1-3-7-11/h10,13H,1-9H2/p-1. The molecule has 0 bridgehead atoms. The summed E-state index contributed by atoms with van der Waals surface area (Å²) in [5.74, 6) is 0. The van der Waals surface area contributed by atoms with Crippen molar-refractivity contribution in [2.75, 3.05) is 26.2 Å². The molecule has 2 rings (SSSR count). The molecule has 2 fully saturated rings. The van der Waals surface area contributed by atoms with E-state index >= 15 is 0 Å². The van der Waals surface area contributed by atoms with Gasteiger partial charge in [-0.25, -0.2) is 0 Å². The number of piperidine rings is 2. The fourth-order valence-electron chi connectivity index (χ4n) is 2.61. The van der Waals surface area contributed by atoms with Crippen molar-refractivity contribution < 1.29 is 15.3 Å². The van der Waals surface area contributed by atoms with E-state index in [0.717, 1.165) is 25.9 Å². The predicted octanol–water partition coefficient (Wildman–Crippen LogP) is 0.0752. The van der Waals surface area contributed by atoms with Crippen molar-refractivity contribution in [2.24, 2.45) is 0 Å². The molecule has 2 aliphatic heterocycles. The Morgan fingerprint density at radius 2 is 1.60 bits per heavy atom. The smallest absolute Gasteiger partial charge is 0.0285 e. The normalized spacial score (nSPS) is 27.0. The van der Waals surface area contributed by atoms with E-state index in [-0.39, 0.29) is 0 Å². The minimum Gasteiger partial charge on any atom is -0.690 e. The van der Waals surface area contributed by atoms with Crippen molar-refractivity contribution in [2.45, 2.75) is 38.1 Å².